The summed E-state index contributed by atoms with van der Waals surface area (Å²) < 4.78 is 0. The first-order valence-electron chi connectivity index (χ1n) is 7.07. The highest BCUT2D eigenvalue weighted by molar-refractivity contribution is 8.02. The molecule has 1 spiro atoms. The summed E-state index contributed by atoms with van der Waals surface area (Å²) in [5.74, 6) is 0.115. The lowest BCUT2D eigenvalue weighted by atomic mass is 10.0. The van der Waals surface area contributed by atoms with E-state index in [4.69, 9.17) is 0 Å². The normalized spacial score (nSPS) is 23.0. The van der Waals surface area contributed by atoms with Crippen LogP contribution in [0.2, 0.25) is 0 Å². The number of carbonyl (C=O) groups is 2. The lowest BCUT2D eigenvalue weighted by molar-refractivity contribution is -0.122. The van der Waals surface area contributed by atoms with Crippen LogP contribution >= 0.6 is 11.8 Å². The zero-order valence-electron chi connectivity index (χ0n) is 12.0. The van der Waals surface area contributed by atoms with E-state index in [1.165, 1.54) is 11.8 Å². The summed E-state index contributed by atoms with van der Waals surface area (Å²) in [6, 6.07) is 15.3. The summed E-state index contributed by atoms with van der Waals surface area (Å²) in [5.41, 5.74) is 3.49. The van der Waals surface area contributed by atoms with Gasteiger partial charge in [-0.2, -0.15) is 0 Å². The molecule has 4 rings (SSSR count). The van der Waals surface area contributed by atoms with Crippen molar-refractivity contribution in [2.24, 2.45) is 0 Å². The van der Waals surface area contributed by atoms with Crippen LogP contribution in [0, 0.1) is 6.92 Å². The topological polar surface area (TPSA) is 49.4 Å². The van der Waals surface area contributed by atoms with Crippen molar-refractivity contribution in [1.29, 1.82) is 0 Å². The van der Waals surface area contributed by atoms with Gasteiger partial charge in [0.15, 0.2) is 0 Å². The Morgan fingerprint density at radius 1 is 1.14 bits per heavy atom. The summed E-state index contributed by atoms with van der Waals surface area (Å²) in [6.07, 6.45) is 0. The monoisotopic (exact) mass is 310 g/mol. The highest BCUT2D eigenvalue weighted by Crippen LogP contribution is 2.53. The Morgan fingerprint density at radius 2 is 1.91 bits per heavy atom. The maximum Gasteiger partial charge on any atom is 0.266 e. The highest BCUT2D eigenvalue weighted by atomic mass is 32.2. The Bertz CT molecular complexity index is 791. The van der Waals surface area contributed by atoms with Crippen LogP contribution in [0.25, 0.3) is 0 Å². The molecule has 0 radical (unpaired) electrons. The second-order valence-corrected chi connectivity index (χ2v) is 6.67. The lowest BCUT2D eigenvalue weighted by Crippen LogP contribution is -2.47. The minimum Gasteiger partial charge on any atom is -0.323 e. The number of thioether (sulfide) groups is 1. The van der Waals surface area contributed by atoms with Crippen molar-refractivity contribution in [3.8, 4) is 0 Å². The average Bonchev–Trinajstić information content (AvgIpc) is 3.00. The molecule has 2 heterocycles. The molecular weight excluding hydrogens is 296 g/mol. The molecule has 5 heteroatoms. The molecule has 1 atom stereocenters. The predicted octanol–water partition coefficient (Wildman–Crippen LogP) is 2.88. The van der Waals surface area contributed by atoms with Crippen molar-refractivity contribution in [2.75, 3.05) is 16.0 Å². The zero-order valence-corrected chi connectivity index (χ0v) is 12.8. The number of benzene rings is 2. The van der Waals surface area contributed by atoms with E-state index in [9.17, 15) is 9.59 Å². The Labute approximate surface area is 132 Å². The van der Waals surface area contributed by atoms with Crippen LogP contribution in [-0.4, -0.2) is 17.6 Å². The molecule has 1 fully saturated rings. The molecule has 2 aliphatic rings. The summed E-state index contributed by atoms with van der Waals surface area (Å²) in [4.78, 5) is 25.9. The fraction of sp³-hybridized carbons (Fsp3) is 0.176. The predicted molar refractivity (Wildman–Crippen MR) is 87.9 cm³/mol. The van der Waals surface area contributed by atoms with E-state index in [0.29, 0.717) is 5.75 Å². The third-order valence-electron chi connectivity index (χ3n) is 4.08. The van der Waals surface area contributed by atoms with E-state index in [-0.39, 0.29) is 11.8 Å². The summed E-state index contributed by atoms with van der Waals surface area (Å²) in [5, 5.41) is 2.92. The molecule has 110 valence electrons. The first kappa shape index (κ1) is 13.4. The smallest absolute Gasteiger partial charge is 0.266 e. The second kappa shape index (κ2) is 4.61. The van der Waals surface area contributed by atoms with Crippen molar-refractivity contribution in [2.45, 2.75) is 11.8 Å². The average molecular weight is 310 g/mol. The van der Waals surface area contributed by atoms with Gasteiger partial charge >= 0.3 is 0 Å². The fourth-order valence-electron chi connectivity index (χ4n) is 3.12. The SMILES string of the molecule is Cc1ccc2c(c1)C1(SCC(=O)N1c1ccccc1)C(=O)N2. The first-order valence-corrected chi connectivity index (χ1v) is 8.06. The molecule has 22 heavy (non-hydrogen) atoms. The number of nitrogens with zero attached hydrogens (tertiary/aromatic N) is 1. The molecule has 2 amide bonds. The Morgan fingerprint density at radius 3 is 2.68 bits per heavy atom. The largest absolute Gasteiger partial charge is 0.323 e. The molecular formula is C17H14N2O2S. The van der Waals surface area contributed by atoms with Crippen molar-refractivity contribution in [1.82, 2.24) is 0 Å². The highest BCUT2D eigenvalue weighted by Gasteiger charge is 2.58. The van der Waals surface area contributed by atoms with Gasteiger partial charge in [0, 0.05) is 16.9 Å². The molecule has 4 nitrogen and oxygen atoms in total. The number of nitrogens with one attached hydrogen (secondary N) is 1. The number of amides is 2. The van der Waals surface area contributed by atoms with Gasteiger partial charge in [0.25, 0.3) is 5.91 Å². The van der Waals surface area contributed by atoms with E-state index in [0.717, 1.165) is 22.5 Å². The van der Waals surface area contributed by atoms with Crippen LogP contribution in [-0.2, 0) is 14.5 Å². The number of aryl methyl sites for hydroxylation is 1. The van der Waals surface area contributed by atoms with E-state index < -0.39 is 4.87 Å². The Kier molecular flexibility index (Phi) is 2.81. The van der Waals surface area contributed by atoms with E-state index in [1.807, 2.05) is 55.5 Å². The fourth-order valence-corrected chi connectivity index (χ4v) is 4.42. The number of anilines is 2. The van der Waals surface area contributed by atoms with Crippen molar-refractivity contribution < 1.29 is 9.59 Å². The summed E-state index contributed by atoms with van der Waals surface area (Å²) in [7, 11) is 0. The summed E-state index contributed by atoms with van der Waals surface area (Å²) in [6.45, 7) is 1.99. The van der Waals surface area contributed by atoms with Gasteiger partial charge in [0.05, 0.1) is 5.75 Å². The number of carbonyl (C=O) groups excluding carboxylic acids is 2. The second-order valence-electron chi connectivity index (χ2n) is 5.50. The van der Waals surface area contributed by atoms with Crippen LogP contribution in [0.5, 0.6) is 0 Å². The molecule has 2 aromatic carbocycles. The molecule has 1 saturated heterocycles. The number of rotatable bonds is 1. The molecule has 0 saturated carbocycles. The number of fused-ring (bicyclic) bond motifs is 2. The number of para-hydroxylation sites is 1. The van der Waals surface area contributed by atoms with Crippen LogP contribution in [0.15, 0.2) is 48.5 Å². The number of hydrogen-bond acceptors (Lipinski definition) is 3. The molecule has 0 bridgehead atoms. The molecule has 2 aliphatic heterocycles. The Hall–Kier alpha value is -2.27. The maximum absolute atomic E-state index is 12.8. The first-order chi connectivity index (χ1) is 10.6. The van der Waals surface area contributed by atoms with Crippen molar-refractivity contribution >= 4 is 35.0 Å². The van der Waals surface area contributed by atoms with Crippen LogP contribution < -0.4 is 10.2 Å². The zero-order chi connectivity index (χ0) is 15.3. The van der Waals surface area contributed by atoms with Crippen LogP contribution in [0.3, 0.4) is 0 Å². The maximum atomic E-state index is 12.8. The minimum atomic E-state index is -0.986. The van der Waals surface area contributed by atoms with Gasteiger partial charge in [-0.05, 0) is 25.1 Å². The molecule has 0 aromatic heterocycles. The van der Waals surface area contributed by atoms with Gasteiger partial charge in [-0.1, -0.05) is 35.9 Å². The van der Waals surface area contributed by atoms with Crippen LogP contribution in [0.1, 0.15) is 11.1 Å². The van der Waals surface area contributed by atoms with Crippen molar-refractivity contribution in [3.05, 3.63) is 59.7 Å². The molecule has 1 N–H and O–H groups in total. The summed E-state index contributed by atoms with van der Waals surface area (Å²) >= 11 is 1.39. The van der Waals surface area contributed by atoms with Gasteiger partial charge in [-0.25, -0.2) is 0 Å². The molecule has 1 unspecified atom stereocenters. The van der Waals surface area contributed by atoms with Gasteiger partial charge in [0.1, 0.15) is 0 Å². The third kappa shape index (κ3) is 1.66. The van der Waals surface area contributed by atoms with E-state index >= 15 is 0 Å². The van der Waals surface area contributed by atoms with Gasteiger partial charge in [-0.3, -0.25) is 14.5 Å². The van der Waals surface area contributed by atoms with Gasteiger partial charge in [-0.15, -0.1) is 11.8 Å². The standard InChI is InChI=1S/C17H14N2O2S/c1-11-7-8-14-13(9-11)17(16(21)18-14)19(15(20)10-22-17)12-5-3-2-4-6-12/h2-9H,10H2,1H3,(H,18,21). The number of hydrogen-bond donors (Lipinski definition) is 1. The third-order valence-corrected chi connectivity index (χ3v) is 5.48. The minimum absolute atomic E-state index is 0.0410. The Balaban J connectivity index is 1.95. The molecule has 2 aromatic rings. The van der Waals surface area contributed by atoms with Crippen LogP contribution in [0.4, 0.5) is 11.4 Å². The molecule has 0 aliphatic carbocycles. The van der Waals surface area contributed by atoms with E-state index in [1.54, 1.807) is 4.90 Å². The van der Waals surface area contributed by atoms with Gasteiger partial charge < -0.3 is 5.32 Å². The quantitative estimate of drug-likeness (QED) is 0.881. The lowest BCUT2D eigenvalue weighted by Gasteiger charge is -2.32. The van der Waals surface area contributed by atoms with Gasteiger partial charge in [0.2, 0.25) is 10.8 Å². The van der Waals surface area contributed by atoms with Crippen molar-refractivity contribution in [3.63, 3.8) is 0 Å². The van der Waals surface area contributed by atoms with E-state index in [2.05, 4.69) is 5.32 Å².